The van der Waals surface area contributed by atoms with Crippen LogP contribution in [0, 0.1) is 13.8 Å². The third kappa shape index (κ3) is 5.69. The Balaban J connectivity index is 1.66. The second-order valence-electron chi connectivity index (χ2n) is 7.03. The van der Waals surface area contributed by atoms with Gasteiger partial charge in [0.25, 0.3) is 5.91 Å². The second-order valence-corrected chi connectivity index (χ2v) is 7.03. The summed E-state index contributed by atoms with van der Waals surface area (Å²) >= 11 is 0. The third-order valence-electron chi connectivity index (χ3n) is 4.74. The molecule has 32 heavy (non-hydrogen) atoms. The quantitative estimate of drug-likeness (QED) is 0.497. The minimum atomic E-state index is -4.75. The molecule has 6 nitrogen and oxygen atoms in total. The summed E-state index contributed by atoms with van der Waals surface area (Å²) in [5.74, 6) is -0.748. The lowest BCUT2D eigenvalue weighted by molar-refractivity contribution is -0.136. The number of carbonyl (C=O) groups excluding carboxylic acids is 2. The van der Waals surface area contributed by atoms with Crippen molar-refractivity contribution in [1.82, 2.24) is 0 Å². The Morgan fingerprint density at radius 1 is 1.03 bits per heavy atom. The number of benzene rings is 2. The highest BCUT2D eigenvalue weighted by molar-refractivity contribution is 6.02. The van der Waals surface area contributed by atoms with Crippen molar-refractivity contribution in [2.24, 2.45) is 0 Å². The van der Waals surface area contributed by atoms with E-state index in [0.29, 0.717) is 5.75 Å². The summed E-state index contributed by atoms with van der Waals surface area (Å²) in [5.41, 5.74) is 0.374. The van der Waals surface area contributed by atoms with Gasteiger partial charge in [0, 0.05) is 5.69 Å². The first-order chi connectivity index (χ1) is 15.1. The van der Waals surface area contributed by atoms with Crippen LogP contribution in [0.25, 0.3) is 0 Å². The minimum Gasteiger partial charge on any atom is -0.493 e. The van der Waals surface area contributed by atoms with Crippen LogP contribution in [-0.4, -0.2) is 18.4 Å². The number of hydrogen-bond donors (Lipinski definition) is 2. The molecule has 1 aromatic heterocycles. The molecule has 1 heterocycles. The fraction of sp³-hybridized carbons (Fsp3) is 0.217. The normalized spacial score (nSPS) is 11.2. The van der Waals surface area contributed by atoms with E-state index < -0.39 is 29.2 Å². The standard InChI is InChI=1S/C23H21F3N2O4/c1-14-5-3-6-19(15(14)2)32-12-10-21(29)28-18-9-8-16(13-17(18)23(24,25)26)27-22(30)20-7-4-11-31-20/h3-9,11,13H,10,12H2,1-2H3,(H,27,30)(H,28,29). The van der Waals surface area contributed by atoms with Gasteiger partial charge in [0.15, 0.2) is 5.76 Å². The molecule has 0 unspecified atom stereocenters. The molecule has 2 amide bonds. The maximum atomic E-state index is 13.5. The Labute approximate surface area is 182 Å². The molecule has 0 saturated carbocycles. The molecule has 9 heteroatoms. The first-order valence-corrected chi connectivity index (χ1v) is 9.70. The number of hydrogen-bond acceptors (Lipinski definition) is 4. The fourth-order valence-electron chi connectivity index (χ4n) is 2.91. The fourth-order valence-corrected chi connectivity index (χ4v) is 2.91. The molecular formula is C23H21F3N2O4. The number of nitrogens with one attached hydrogen (secondary N) is 2. The first-order valence-electron chi connectivity index (χ1n) is 9.70. The lowest BCUT2D eigenvalue weighted by Crippen LogP contribution is -2.19. The van der Waals surface area contributed by atoms with E-state index >= 15 is 0 Å². The molecule has 0 bridgehead atoms. The molecule has 0 aliphatic rings. The highest BCUT2D eigenvalue weighted by Crippen LogP contribution is 2.36. The Hall–Kier alpha value is -3.75. The number of anilines is 2. The van der Waals surface area contributed by atoms with Crippen molar-refractivity contribution >= 4 is 23.2 Å². The zero-order chi connectivity index (χ0) is 23.3. The SMILES string of the molecule is Cc1cccc(OCCC(=O)Nc2ccc(NC(=O)c3ccco3)cc2C(F)(F)F)c1C. The van der Waals surface area contributed by atoms with E-state index in [4.69, 9.17) is 9.15 Å². The summed E-state index contributed by atoms with van der Waals surface area (Å²) in [6.45, 7) is 3.82. The van der Waals surface area contributed by atoms with Crippen molar-refractivity contribution in [1.29, 1.82) is 0 Å². The van der Waals surface area contributed by atoms with Crippen LogP contribution in [0.4, 0.5) is 24.5 Å². The van der Waals surface area contributed by atoms with Crippen molar-refractivity contribution in [3.63, 3.8) is 0 Å². The van der Waals surface area contributed by atoms with Crippen LogP contribution in [0.15, 0.2) is 59.2 Å². The Bertz CT molecular complexity index is 1110. The maximum absolute atomic E-state index is 13.5. The molecule has 3 aromatic rings. The first kappa shape index (κ1) is 22.9. The van der Waals surface area contributed by atoms with Crippen LogP contribution in [0.1, 0.15) is 33.7 Å². The average molecular weight is 446 g/mol. The highest BCUT2D eigenvalue weighted by Gasteiger charge is 2.34. The molecule has 0 aliphatic heterocycles. The van der Waals surface area contributed by atoms with Crippen LogP contribution >= 0.6 is 0 Å². The molecule has 2 aromatic carbocycles. The molecular weight excluding hydrogens is 425 g/mol. The topological polar surface area (TPSA) is 80.6 Å². The van der Waals surface area contributed by atoms with Crippen molar-refractivity contribution in [3.05, 3.63) is 77.2 Å². The molecule has 0 radical (unpaired) electrons. The van der Waals surface area contributed by atoms with Gasteiger partial charge < -0.3 is 19.8 Å². The van der Waals surface area contributed by atoms with Gasteiger partial charge in [-0.2, -0.15) is 13.2 Å². The molecule has 0 fully saturated rings. The van der Waals surface area contributed by atoms with E-state index in [-0.39, 0.29) is 24.5 Å². The molecule has 168 valence electrons. The number of halogens is 3. The number of aryl methyl sites for hydroxylation is 1. The lowest BCUT2D eigenvalue weighted by Gasteiger charge is -2.16. The van der Waals surface area contributed by atoms with E-state index in [1.54, 1.807) is 6.07 Å². The number of amides is 2. The molecule has 3 rings (SSSR count). The summed E-state index contributed by atoms with van der Waals surface area (Å²) < 4.78 is 51.1. The Kier molecular flexibility index (Phi) is 6.87. The zero-order valence-electron chi connectivity index (χ0n) is 17.4. The van der Waals surface area contributed by atoms with Gasteiger partial charge in [-0.3, -0.25) is 9.59 Å². The summed E-state index contributed by atoms with van der Waals surface area (Å²) in [7, 11) is 0. The molecule has 0 saturated heterocycles. The van der Waals surface area contributed by atoms with Gasteiger partial charge in [-0.15, -0.1) is 0 Å². The van der Waals surface area contributed by atoms with Crippen molar-refractivity contribution in [2.45, 2.75) is 26.4 Å². The van der Waals surface area contributed by atoms with E-state index in [2.05, 4.69) is 10.6 Å². The molecule has 0 spiro atoms. The van der Waals surface area contributed by atoms with Crippen LogP contribution in [0.3, 0.4) is 0 Å². The van der Waals surface area contributed by atoms with Gasteiger partial charge in [-0.1, -0.05) is 12.1 Å². The predicted octanol–water partition coefficient (Wildman–Crippen LogP) is 5.58. The third-order valence-corrected chi connectivity index (χ3v) is 4.74. The van der Waals surface area contributed by atoms with Crippen LogP contribution < -0.4 is 15.4 Å². The average Bonchev–Trinajstić information content (AvgIpc) is 3.26. The van der Waals surface area contributed by atoms with E-state index in [1.807, 2.05) is 26.0 Å². The van der Waals surface area contributed by atoms with Gasteiger partial charge in [0.1, 0.15) is 5.75 Å². The van der Waals surface area contributed by atoms with Crippen molar-refractivity contribution in [2.75, 3.05) is 17.2 Å². The Morgan fingerprint density at radius 3 is 2.50 bits per heavy atom. The zero-order valence-corrected chi connectivity index (χ0v) is 17.4. The van der Waals surface area contributed by atoms with Gasteiger partial charge >= 0.3 is 6.18 Å². The predicted molar refractivity (Wildman–Crippen MR) is 113 cm³/mol. The van der Waals surface area contributed by atoms with E-state index in [1.165, 1.54) is 24.5 Å². The number of ether oxygens (including phenoxy) is 1. The van der Waals surface area contributed by atoms with Crippen LogP contribution in [-0.2, 0) is 11.0 Å². The second kappa shape index (κ2) is 9.59. The molecule has 2 N–H and O–H groups in total. The van der Waals surface area contributed by atoms with Crippen molar-refractivity contribution < 1.29 is 31.9 Å². The summed E-state index contributed by atoms with van der Waals surface area (Å²) in [6.07, 6.45) is -3.61. The number of alkyl halides is 3. The maximum Gasteiger partial charge on any atom is 0.418 e. The molecule has 0 atom stereocenters. The van der Waals surface area contributed by atoms with Gasteiger partial charge in [0.05, 0.1) is 30.5 Å². The molecule has 0 aliphatic carbocycles. The van der Waals surface area contributed by atoms with E-state index in [0.717, 1.165) is 23.3 Å². The summed E-state index contributed by atoms with van der Waals surface area (Å²) in [4.78, 5) is 24.2. The van der Waals surface area contributed by atoms with Gasteiger partial charge in [-0.25, -0.2) is 0 Å². The van der Waals surface area contributed by atoms with Crippen LogP contribution in [0.5, 0.6) is 5.75 Å². The number of carbonyl (C=O) groups is 2. The summed E-state index contributed by atoms with van der Waals surface area (Å²) in [5, 5.41) is 4.60. The number of furan rings is 1. The Morgan fingerprint density at radius 2 is 1.81 bits per heavy atom. The van der Waals surface area contributed by atoms with Crippen LogP contribution in [0.2, 0.25) is 0 Å². The highest BCUT2D eigenvalue weighted by atomic mass is 19.4. The summed E-state index contributed by atoms with van der Waals surface area (Å²) in [6, 6.07) is 11.5. The smallest absolute Gasteiger partial charge is 0.418 e. The largest absolute Gasteiger partial charge is 0.493 e. The monoisotopic (exact) mass is 446 g/mol. The van der Waals surface area contributed by atoms with Crippen molar-refractivity contribution in [3.8, 4) is 5.75 Å². The minimum absolute atomic E-state index is 0.00870. The number of rotatable bonds is 7. The lowest BCUT2D eigenvalue weighted by atomic mass is 10.1. The van der Waals surface area contributed by atoms with Gasteiger partial charge in [0.2, 0.25) is 5.91 Å². The van der Waals surface area contributed by atoms with Gasteiger partial charge in [-0.05, 0) is 61.4 Å². The van der Waals surface area contributed by atoms with E-state index in [9.17, 15) is 22.8 Å².